The third-order valence-electron chi connectivity index (χ3n) is 7.41. The monoisotopic (exact) mass is 512 g/mol. The lowest BCUT2D eigenvalue weighted by atomic mass is 9.84. The van der Waals surface area contributed by atoms with E-state index in [1.807, 2.05) is 20.8 Å². The molecule has 0 unspecified atom stereocenters. The number of rotatable bonds is 5. The summed E-state index contributed by atoms with van der Waals surface area (Å²) in [5.74, 6) is -0.501. The maximum atomic E-state index is 13.5. The van der Waals surface area contributed by atoms with Crippen LogP contribution < -0.4 is 4.74 Å². The molecule has 1 aromatic carbocycles. The van der Waals surface area contributed by atoms with Gasteiger partial charge in [0.2, 0.25) is 5.60 Å². The van der Waals surface area contributed by atoms with Crippen molar-refractivity contribution in [3.05, 3.63) is 29.3 Å². The average molecular weight is 513 g/mol. The molecule has 0 bridgehead atoms. The molecular weight excluding hydrogens is 477 g/mol. The number of benzene rings is 1. The van der Waals surface area contributed by atoms with Crippen LogP contribution in [-0.2, 0) is 27.0 Å². The average Bonchev–Trinajstić information content (AvgIpc) is 3.48. The fourth-order valence-electron chi connectivity index (χ4n) is 5.26. The van der Waals surface area contributed by atoms with E-state index in [1.54, 1.807) is 4.90 Å². The van der Waals surface area contributed by atoms with Crippen molar-refractivity contribution in [1.29, 1.82) is 0 Å². The number of alkyl halides is 3. The van der Waals surface area contributed by atoms with Gasteiger partial charge in [-0.2, -0.15) is 13.2 Å². The van der Waals surface area contributed by atoms with Gasteiger partial charge in [-0.1, -0.05) is 6.07 Å². The summed E-state index contributed by atoms with van der Waals surface area (Å²) in [6.07, 6.45) is -0.592. The fraction of sp³-hybridized carbons (Fsp3) is 0.692. The van der Waals surface area contributed by atoms with Gasteiger partial charge in [0.25, 0.3) is 0 Å². The van der Waals surface area contributed by atoms with E-state index in [-0.39, 0.29) is 17.4 Å². The largest absolute Gasteiger partial charge is 0.475 e. The van der Waals surface area contributed by atoms with Crippen LogP contribution in [0.15, 0.2) is 18.2 Å². The highest BCUT2D eigenvalue weighted by Gasteiger charge is 2.55. The maximum Gasteiger partial charge on any atom is 0.416 e. The molecule has 0 N–H and O–H groups in total. The Bertz CT molecular complexity index is 992. The van der Waals surface area contributed by atoms with Crippen LogP contribution in [0, 0.1) is 0 Å². The normalized spacial score (nSPS) is 21.4. The Morgan fingerprint density at radius 2 is 1.67 bits per heavy atom. The molecule has 1 saturated carbocycles. The van der Waals surface area contributed by atoms with Crippen LogP contribution >= 0.6 is 0 Å². The Labute approximate surface area is 209 Å². The lowest BCUT2D eigenvalue weighted by Gasteiger charge is -2.45. The number of likely N-dealkylation sites (tertiary alicyclic amines) is 2. The van der Waals surface area contributed by atoms with Crippen LogP contribution in [0.5, 0.6) is 5.75 Å². The Hall–Kier alpha value is -2.49. The summed E-state index contributed by atoms with van der Waals surface area (Å²) in [5, 5.41) is 0. The van der Waals surface area contributed by atoms with Gasteiger partial charge in [0, 0.05) is 43.6 Å². The van der Waals surface area contributed by atoms with Gasteiger partial charge >= 0.3 is 18.2 Å². The highest BCUT2D eigenvalue weighted by atomic mass is 19.4. The van der Waals surface area contributed by atoms with E-state index in [0.717, 1.165) is 44.4 Å². The Kier molecular flexibility index (Phi) is 6.96. The molecule has 10 heteroatoms. The summed E-state index contributed by atoms with van der Waals surface area (Å²) in [6, 6.07) is 3.51. The van der Waals surface area contributed by atoms with Gasteiger partial charge in [0.15, 0.2) is 0 Å². The van der Waals surface area contributed by atoms with E-state index >= 15 is 0 Å². The second-order valence-electron chi connectivity index (χ2n) is 11.1. The van der Waals surface area contributed by atoms with Crippen LogP contribution in [0.4, 0.5) is 18.0 Å². The predicted octanol–water partition coefficient (Wildman–Crippen LogP) is 5.16. The SMILES string of the molecule is COC(=O)C1(Oc2cc(C(F)(F)F)ccc2CN2CCCC23CCN(C(=O)OC(C)(C)C)CC3)CC1. The topological polar surface area (TPSA) is 68.3 Å². The summed E-state index contributed by atoms with van der Waals surface area (Å²) in [7, 11) is 1.25. The second-order valence-corrected chi connectivity index (χ2v) is 11.1. The molecule has 4 rings (SSSR count). The number of esters is 1. The number of methoxy groups -OCH3 is 1. The number of hydrogen-bond donors (Lipinski definition) is 0. The number of nitrogens with zero attached hydrogens (tertiary/aromatic N) is 2. The van der Waals surface area contributed by atoms with Gasteiger partial charge in [-0.05, 0) is 65.1 Å². The zero-order chi connectivity index (χ0) is 26.4. The minimum atomic E-state index is -4.53. The molecule has 1 amide bonds. The van der Waals surface area contributed by atoms with E-state index in [9.17, 15) is 22.8 Å². The first-order valence-electron chi connectivity index (χ1n) is 12.5. The van der Waals surface area contributed by atoms with E-state index < -0.39 is 28.9 Å². The molecule has 3 aliphatic rings. The molecule has 1 spiro atoms. The van der Waals surface area contributed by atoms with Crippen molar-refractivity contribution < 1.29 is 37.0 Å². The standard InChI is InChI=1S/C26H35F3N2O5/c1-23(2,3)36-22(33)30-14-11-24(12-15-30)8-5-13-31(24)17-18-6-7-19(26(27,28)29)16-20(18)35-25(9-10-25)21(32)34-4/h6-7,16H,5,8-15,17H2,1-4H3. The van der Waals surface area contributed by atoms with Gasteiger partial charge in [0.1, 0.15) is 11.4 Å². The van der Waals surface area contributed by atoms with Crippen LogP contribution in [0.25, 0.3) is 0 Å². The lowest BCUT2D eigenvalue weighted by molar-refractivity contribution is -0.151. The first kappa shape index (κ1) is 26.6. The van der Waals surface area contributed by atoms with Gasteiger partial charge in [-0.3, -0.25) is 4.90 Å². The Morgan fingerprint density at radius 3 is 2.22 bits per heavy atom. The van der Waals surface area contributed by atoms with E-state index in [0.29, 0.717) is 38.0 Å². The number of carbonyl (C=O) groups is 2. The quantitative estimate of drug-likeness (QED) is 0.508. The first-order chi connectivity index (χ1) is 16.8. The molecule has 0 radical (unpaired) electrons. The molecular formula is C26H35F3N2O5. The van der Waals surface area contributed by atoms with Crippen molar-refractivity contribution in [2.75, 3.05) is 26.7 Å². The molecule has 0 atom stereocenters. The number of piperidine rings is 1. The predicted molar refractivity (Wildman–Crippen MR) is 125 cm³/mol. The Morgan fingerprint density at radius 1 is 1.00 bits per heavy atom. The van der Waals surface area contributed by atoms with Gasteiger partial charge in [0.05, 0.1) is 12.7 Å². The summed E-state index contributed by atoms with van der Waals surface area (Å²) in [6.45, 7) is 7.84. The fourth-order valence-corrected chi connectivity index (χ4v) is 5.26. The molecule has 1 aliphatic carbocycles. The third kappa shape index (κ3) is 5.58. The van der Waals surface area contributed by atoms with Gasteiger partial charge in [-0.25, -0.2) is 9.59 Å². The second kappa shape index (κ2) is 9.43. The molecule has 0 aromatic heterocycles. The Balaban J connectivity index is 1.52. The third-order valence-corrected chi connectivity index (χ3v) is 7.41. The van der Waals surface area contributed by atoms with Crippen molar-refractivity contribution in [3.63, 3.8) is 0 Å². The lowest BCUT2D eigenvalue weighted by Crippen LogP contribution is -2.53. The van der Waals surface area contributed by atoms with Crippen molar-refractivity contribution in [1.82, 2.24) is 9.80 Å². The molecule has 2 aliphatic heterocycles. The van der Waals surface area contributed by atoms with Crippen LogP contribution in [0.2, 0.25) is 0 Å². The minimum Gasteiger partial charge on any atom is -0.475 e. The van der Waals surface area contributed by atoms with Crippen LogP contribution in [0.3, 0.4) is 0 Å². The highest BCUT2D eigenvalue weighted by molar-refractivity contribution is 5.83. The summed E-state index contributed by atoms with van der Waals surface area (Å²) < 4.78 is 56.7. The zero-order valence-corrected chi connectivity index (χ0v) is 21.4. The molecule has 3 fully saturated rings. The molecule has 2 saturated heterocycles. The van der Waals surface area contributed by atoms with Crippen molar-refractivity contribution >= 4 is 12.1 Å². The van der Waals surface area contributed by atoms with Crippen molar-refractivity contribution in [2.24, 2.45) is 0 Å². The summed E-state index contributed by atoms with van der Waals surface area (Å²) in [4.78, 5) is 28.8. The highest BCUT2D eigenvalue weighted by Crippen LogP contribution is 2.45. The number of halogens is 3. The van der Waals surface area contributed by atoms with Gasteiger partial charge in [-0.15, -0.1) is 0 Å². The summed E-state index contributed by atoms with van der Waals surface area (Å²) in [5.41, 5.74) is -2.13. The molecule has 200 valence electrons. The van der Waals surface area contributed by atoms with Crippen molar-refractivity contribution in [2.45, 2.75) is 88.8 Å². The van der Waals surface area contributed by atoms with E-state index in [4.69, 9.17) is 14.2 Å². The first-order valence-corrected chi connectivity index (χ1v) is 12.5. The minimum absolute atomic E-state index is 0.0703. The maximum absolute atomic E-state index is 13.5. The van der Waals surface area contributed by atoms with Gasteiger partial charge < -0.3 is 19.1 Å². The molecule has 36 heavy (non-hydrogen) atoms. The molecule has 2 heterocycles. The number of ether oxygens (including phenoxy) is 3. The smallest absolute Gasteiger partial charge is 0.416 e. The number of carbonyl (C=O) groups excluding carboxylic acids is 2. The zero-order valence-electron chi connectivity index (χ0n) is 21.4. The van der Waals surface area contributed by atoms with E-state index in [1.165, 1.54) is 13.2 Å². The number of hydrogen-bond acceptors (Lipinski definition) is 6. The number of amides is 1. The summed E-state index contributed by atoms with van der Waals surface area (Å²) >= 11 is 0. The molecule has 7 nitrogen and oxygen atoms in total. The van der Waals surface area contributed by atoms with Crippen LogP contribution in [-0.4, -0.2) is 65.3 Å². The van der Waals surface area contributed by atoms with Crippen LogP contribution in [0.1, 0.15) is 70.4 Å². The molecule has 1 aromatic rings. The van der Waals surface area contributed by atoms with E-state index in [2.05, 4.69) is 4.90 Å². The van der Waals surface area contributed by atoms with Crippen molar-refractivity contribution in [3.8, 4) is 5.75 Å².